The molecule has 1 aromatic heterocycles. The first-order valence-corrected chi connectivity index (χ1v) is 7.09. The SMILES string of the molecule is CCn1c(C2NCCCC2C)nc2cc(F)ccc21. The van der Waals surface area contributed by atoms with E-state index in [9.17, 15) is 4.39 Å². The molecule has 3 rings (SSSR count). The lowest BCUT2D eigenvalue weighted by molar-refractivity contribution is 0.289. The largest absolute Gasteiger partial charge is 0.327 e. The molecule has 102 valence electrons. The quantitative estimate of drug-likeness (QED) is 0.899. The van der Waals surface area contributed by atoms with Crippen molar-refractivity contribution in [3.8, 4) is 0 Å². The predicted octanol–water partition coefficient (Wildman–Crippen LogP) is 3.26. The van der Waals surface area contributed by atoms with Crippen molar-refractivity contribution in [3.63, 3.8) is 0 Å². The van der Waals surface area contributed by atoms with E-state index in [4.69, 9.17) is 0 Å². The summed E-state index contributed by atoms with van der Waals surface area (Å²) in [5, 5.41) is 3.56. The Balaban J connectivity index is 2.11. The highest BCUT2D eigenvalue weighted by molar-refractivity contribution is 5.76. The highest BCUT2D eigenvalue weighted by Gasteiger charge is 2.27. The van der Waals surface area contributed by atoms with E-state index < -0.39 is 0 Å². The Morgan fingerprint density at radius 1 is 1.47 bits per heavy atom. The molecule has 0 saturated carbocycles. The van der Waals surface area contributed by atoms with E-state index >= 15 is 0 Å². The second kappa shape index (κ2) is 4.93. The smallest absolute Gasteiger partial charge is 0.127 e. The summed E-state index contributed by atoms with van der Waals surface area (Å²) in [7, 11) is 0. The van der Waals surface area contributed by atoms with Gasteiger partial charge in [-0.15, -0.1) is 0 Å². The van der Waals surface area contributed by atoms with Gasteiger partial charge in [0.15, 0.2) is 0 Å². The molecule has 2 heterocycles. The van der Waals surface area contributed by atoms with E-state index in [1.165, 1.54) is 25.0 Å². The minimum Gasteiger partial charge on any atom is -0.327 e. The van der Waals surface area contributed by atoms with Crippen molar-refractivity contribution in [2.75, 3.05) is 6.54 Å². The molecule has 1 aliphatic heterocycles. The zero-order valence-corrected chi connectivity index (χ0v) is 11.5. The molecule has 1 fully saturated rings. The van der Waals surface area contributed by atoms with Crippen LogP contribution in [-0.2, 0) is 6.54 Å². The summed E-state index contributed by atoms with van der Waals surface area (Å²) in [6.45, 7) is 6.27. The van der Waals surface area contributed by atoms with Gasteiger partial charge in [0.1, 0.15) is 11.6 Å². The van der Waals surface area contributed by atoms with Gasteiger partial charge in [0.2, 0.25) is 0 Å². The molecule has 0 bridgehead atoms. The fourth-order valence-corrected chi connectivity index (χ4v) is 3.09. The number of rotatable bonds is 2. The maximum absolute atomic E-state index is 13.3. The lowest BCUT2D eigenvalue weighted by Gasteiger charge is -2.29. The summed E-state index contributed by atoms with van der Waals surface area (Å²) < 4.78 is 15.5. The Morgan fingerprint density at radius 3 is 3.05 bits per heavy atom. The average Bonchev–Trinajstić information content (AvgIpc) is 2.76. The average molecular weight is 261 g/mol. The van der Waals surface area contributed by atoms with Crippen LogP contribution in [0.5, 0.6) is 0 Å². The second-order valence-corrected chi connectivity index (χ2v) is 5.40. The van der Waals surface area contributed by atoms with Crippen molar-refractivity contribution in [2.45, 2.75) is 39.3 Å². The van der Waals surface area contributed by atoms with Crippen LogP contribution in [0, 0.1) is 11.7 Å². The summed E-state index contributed by atoms with van der Waals surface area (Å²) in [5.41, 5.74) is 1.79. The van der Waals surface area contributed by atoms with Gasteiger partial charge < -0.3 is 9.88 Å². The lowest BCUT2D eigenvalue weighted by atomic mass is 9.92. The summed E-state index contributed by atoms with van der Waals surface area (Å²) >= 11 is 0. The van der Waals surface area contributed by atoms with E-state index in [1.54, 1.807) is 0 Å². The Hall–Kier alpha value is -1.42. The van der Waals surface area contributed by atoms with Crippen molar-refractivity contribution in [1.82, 2.24) is 14.9 Å². The highest BCUT2D eigenvalue weighted by Crippen LogP contribution is 2.30. The van der Waals surface area contributed by atoms with Gasteiger partial charge in [-0.3, -0.25) is 0 Å². The lowest BCUT2D eigenvalue weighted by Crippen LogP contribution is -2.34. The molecule has 1 saturated heterocycles. The monoisotopic (exact) mass is 261 g/mol. The van der Waals surface area contributed by atoms with Crippen molar-refractivity contribution < 1.29 is 4.39 Å². The van der Waals surface area contributed by atoms with Crippen LogP contribution >= 0.6 is 0 Å². The number of benzene rings is 1. The molecule has 0 spiro atoms. The van der Waals surface area contributed by atoms with Gasteiger partial charge in [-0.2, -0.15) is 0 Å². The summed E-state index contributed by atoms with van der Waals surface area (Å²) in [5.74, 6) is 1.40. The third kappa shape index (κ3) is 2.14. The number of fused-ring (bicyclic) bond motifs is 1. The molecule has 2 aromatic rings. The van der Waals surface area contributed by atoms with Crippen LogP contribution in [0.4, 0.5) is 4.39 Å². The van der Waals surface area contributed by atoms with Gasteiger partial charge in [0.05, 0.1) is 17.1 Å². The number of aromatic nitrogens is 2. The third-order valence-electron chi connectivity index (χ3n) is 4.10. The first-order chi connectivity index (χ1) is 9.20. The van der Waals surface area contributed by atoms with Gasteiger partial charge in [0, 0.05) is 12.6 Å². The Kier molecular flexibility index (Phi) is 3.27. The number of hydrogen-bond donors (Lipinski definition) is 1. The minimum absolute atomic E-state index is 0.218. The highest BCUT2D eigenvalue weighted by atomic mass is 19.1. The van der Waals surface area contributed by atoms with Crippen LogP contribution < -0.4 is 5.32 Å². The van der Waals surface area contributed by atoms with Crippen LogP contribution in [0.1, 0.15) is 38.6 Å². The van der Waals surface area contributed by atoms with Gasteiger partial charge in [-0.25, -0.2) is 9.37 Å². The summed E-state index contributed by atoms with van der Waals surface area (Å²) in [6, 6.07) is 5.15. The maximum Gasteiger partial charge on any atom is 0.127 e. The molecule has 1 aromatic carbocycles. The van der Waals surface area contributed by atoms with Crippen LogP contribution in [0.15, 0.2) is 18.2 Å². The van der Waals surface area contributed by atoms with Crippen LogP contribution in [0.3, 0.4) is 0 Å². The minimum atomic E-state index is -0.218. The molecule has 1 aliphatic rings. The molecule has 0 radical (unpaired) electrons. The fourth-order valence-electron chi connectivity index (χ4n) is 3.09. The van der Waals surface area contributed by atoms with Gasteiger partial charge in [-0.1, -0.05) is 6.92 Å². The van der Waals surface area contributed by atoms with Crippen molar-refractivity contribution in [2.24, 2.45) is 5.92 Å². The molecule has 2 atom stereocenters. The maximum atomic E-state index is 13.3. The molecular weight excluding hydrogens is 241 g/mol. The number of nitrogens with one attached hydrogen (secondary N) is 1. The first-order valence-electron chi connectivity index (χ1n) is 7.09. The number of piperidine rings is 1. The Morgan fingerprint density at radius 2 is 2.32 bits per heavy atom. The van der Waals surface area contributed by atoms with Crippen molar-refractivity contribution in [3.05, 3.63) is 29.8 Å². The Bertz CT molecular complexity index is 590. The van der Waals surface area contributed by atoms with Crippen LogP contribution in [0.25, 0.3) is 11.0 Å². The summed E-state index contributed by atoms with van der Waals surface area (Å²) in [6.07, 6.45) is 2.44. The molecule has 19 heavy (non-hydrogen) atoms. The standard InChI is InChI=1S/C15H20FN3/c1-3-19-13-7-6-11(16)9-12(13)18-15(19)14-10(2)5-4-8-17-14/h6-7,9-10,14,17H,3-5,8H2,1-2H3. The number of imidazole rings is 1. The van der Waals surface area contributed by atoms with E-state index in [1.807, 2.05) is 6.07 Å². The zero-order chi connectivity index (χ0) is 13.4. The topological polar surface area (TPSA) is 29.9 Å². The molecule has 0 aliphatic carbocycles. The fraction of sp³-hybridized carbons (Fsp3) is 0.533. The molecule has 2 unspecified atom stereocenters. The van der Waals surface area contributed by atoms with Gasteiger partial charge >= 0.3 is 0 Å². The molecule has 3 nitrogen and oxygen atoms in total. The third-order valence-corrected chi connectivity index (χ3v) is 4.10. The Labute approximate surface area is 112 Å². The van der Waals surface area contributed by atoms with Crippen LogP contribution in [-0.4, -0.2) is 16.1 Å². The van der Waals surface area contributed by atoms with Gasteiger partial charge in [-0.05, 0) is 44.4 Å². The van der Waals surface area contributed by atoms with Crippen molar-refractivity contribution >= 4 is 11.0 Å². The number of nitrogens with zero attached hydrogens (tertiary/aromatic N) is 2. The first kappa shape index (κ1) is 12.6. The normalized spacial score (nSPS) is 23.9. The van der Waals surface area contributed by atoms with Gasteiger partial charge in [0.25, 0.3) is 0 Å². The summed E-state index contributed by atoms with van der Waals surface area (Å²) in [4.78, 5) is 4.68. The second-order valence-electron chi connectivity index (χ2n) is 5.40. The number of halogens is 1. The van der Waals surface area contributed by atoms with Crippen molar-refractivity contribution in [1.29, 1.82) is 0 Å². The van der Waals surface area contributed by atoms with E-state index in [-0.39, 0.29) is 11.9 Å². The molecular formula is C15H20FN3. The molecule has 1 N–H and O–H groups in total. The van der Waals surface area contributed by atoms with E-state index in [2.05, 4.69) is 28.7 Å². The zero-order valence-electron chi connectivity index (χ0n) is 11.5. The number of hydrogen-bond acceptors (Lipinski definition) is 2. The molecule has 4 heteroatoms. The van der Waals surface area contributed by atoms with E-state index in [0.717, 1.165) is 29.9 Å². The van der Waals surface area contributed by atoms with Crippen LogP contribution in [0.2, 0.25) is 0 Å². The number of aryl methyl sites for hydroxylation is 1. The predicted molar refractivity (Wildman–Crippen MR) is 74.5 cm³/mol. The van der Waals surface area contributed by atoms with E-state index in [0.29, 0.717) is 5.92 Å². The molecule has 0 amide bonds.